The lowest BCUT2D eigenvalue weighted by molar-refractivity contribution is -0.139. The second-order valence-corrected chi connectivity index (χ2v) is 4.27. The van der Waals surface area contributed by atoms with Crippen molar-refractivity contribution in [2.45, 2.75) is 13.1 Å². The van der Waals surface area contributed by atoms with Gasteiger partial charge in [0.15, 0.2) is 0 Å². The zero-order valence-electron chi connectivity index (χ0n) is 10.1. The van der Waals surface area contributed by atoms with Crippen molar-refractivity contribution in [1.82, 2.24) is 0 Å². The van der Waals surface area contributed by atoms with E-state index in [0.717, 1.165) is 17.7 Å². The van der Waals surface area contributed by atoms with Gasteiger partial charge in [0.2, 0.25) is 0 Å². The fourth-order valence-electron chi connectivity index (χ4n) is 1.92. The molecule has 100 valence electrons. The molecule has 2 N–H and O–H groups in total. The molecule has 0 aliphatic carbocycles. The number of hydrogen-bond acceptors (Lipinski definition) is 1. The van der Waals surface area contributed by atoms with Crippen LogP contribution >= 0.6 is 0 Å². The van der Waals surface area contributed by atoms with Gasteiger partial charge in [0, 0.05) is 5.69 Å². The summed E-state index contributed by atoms with van der Waals surface area (Å²) in [5.41, 5.74) is 6.50. The molecule has 0 unspecified atom stereocenters. The summed E-state index contributed by atoms with van der Waals surface area (Å²) < 4.78 is 51.2. The van der Waals surface area contributed by atoms with Crippen LogP contribution in [0, 0.1) is 12.7 Å². The average Bonchev–Trinajstić information content (AvgIpc) is 2.29. The Morgan fingerprint density at radius 2 is 1.68 bits per heavy atom. The highest BCUT2D eigenvalue weighted by Crippen LogP contribution is 2.35. The Balaban J connectivity index is 2.58. The summed E-state index contributed by atoms with van der Waals surface area (Å²) in [4.78, 5) is 0. The van der Waals surface area contributed by atoms with Crippen molar-refractivity contribution in [3.8, 4) is 11.1 Å². The predicted molar refractivity (Wildman–Crippen MR) is 66.0 cm³/mol. The van der Waals surface area contributed by atoms with Crippen LogP contribution in [0.25, 0.3) is 11.1 Å². The Labute approximate surface area is 107 Å². The van der Waals surface area contributed by atoms with Gasteiger partial charge in [-0.2, -0.15) is 13.2 Å². The molecule has 2 aromatic carbocycles. The van der Waals surface area contributed by atoms with Crippen LogP contribution in [0.3, 0.4) is 0 Å². The molecule has 0 saturated carbocycles. The van der Waals surface area contributed by atoms with Crippen LogP contribution in [0.15, 0.2) is 36.4 Å². The average molecular weight is 269 g/mol. The summed E-state index contributed by atoms with van der Waals surface area (Å²) in [6.45, 7) is 1.74. The lowest BCUT2D eigenvalue weighted by atomic mass is 9.98. The lowest BCUT2D eigenvalue weighted by Gasteiger charge is -2.12. The van der Waals surface area contributed by atoms with E-state index in [4.69, 9.17) is 5.73 Å². The third kappa shape index (κ3) is 2.70. The highest BCUT2D eigenvalue weighted by Gasteiger charge is 2.34. The summed E-state index contributed by atoms with van der Waals surface area (Å²) in [5, 5.41) is 0. The van der Waals surface area contributed by atoms with Crippen LogP contribution in [0.2, 0.25) is 0 Å². The van der Waals surface area contributed by atoms with Gasteiger partial charge < -0.3 is 5.73 Å². The summed E-state index contributed by atoms with van der Waals surface area (Å²) in [7, 11) is 0. The number of alkyl halides is 3. The van der Waals surface area contributed by atoms with Crippen LogP contribution in [-0.2, 0) is 6.18 Å². The molecule has 0 heterocycles. The van der Waals surface area contributed by atoms with Crippen molar-refractivity contribution < 1.29 is 17.6 Å². The molecule has 1 nitrogen and oxygen atoms in total. The topological polar surface area (TPSA) is 26.0 Å². The van der Waals surface area contributed by atoms with Crippen LogP contribution in [0.5, 0.6) is 0 Å². The number of halogens is 4. The Morgan fingerprint density at radius 1 is 1.00 bits per heavy atom. The zero-order chi connectivity index (χ0) is 14.2. The van der Waals surface area contributed by atoms with Crippen LogP contribution in [0.4, 0.5) is 23.2 Å². The van der Waals surface area contributed by atoms with Crippen molar-refractivity contribution in [2.24, 2.45) is 0 Å². The third-order valence-electron chi connectivity index (χ3n) is 2.83. The lowest BCUT2D eigenvalue weighted by Crippen LogP contribution is -2.08. The smallest absolute Gasteiger partial charge is 0.399 e. The Kier molecular flexibility index (Phi) is 3.22. The van der Waals surface area contributed by atoms with E-state index in [9.17, 15) is 17.6 Å². The fraction of sp³-hybridized carbons (Fsp3) is 0.143. The third-order valence-corrected chi connectivity index (χ3v) is 2.83. The Morgan fingerprint density at radius 3 is 2.26 bits per heavy atom. The number of aryl methyl sites for hydroxylation is 1. The van der Waals surface area contributed by atoms with Gasteiger partial charge in [-0.3, -0.25) is 0 Å². The standard InChI is InChI=1S/C14H11F4N/c1-8-6-10(19)3-4-11(8)9-2-5-13(15)12(7-9)14(16,17)18/h2-7H,19H2,1H3. The number of rotatable bonds is 1. The molecule has 19 heavy (non-hydrogen) atoms. The minimum Gasteiger partial charge on any atom is -0.399 e. The van der Waals surface area contributed by atoms with Crippen molar-refractivity contribution >= 4 is 5.69 Å². The van der Waals surface area contributed by atoms with Crippen molar-refractivity contribution in [1.29, 1.82) is 0 Å². The minimum atomic E-state index is -4.71. The Hall–Kier alpha value is -2.04. The molecule has 2 aromatic rings. The van der Waals surface area contributed by atoms with E-state index < -0.39 is 17.6 Å². The summed E-state index contributed by atoms with van der Waals surface area (Å²) in [6, 6.07) is 7.84. The van der Waals surface area contributed by atoms with E-state index >= 15 is 0 Å². The molecule has 0 bridgehead atoms. The first-order valence-electron chi connectivity index (χ1n) is 5.52. The van der Waals surface area contributed by atoms with E-state index in [0.29, 0.717) is 16.8 Å². The molecule has 0 atom stereocenters. The molecule has 0 fully saturated rings. The van der Waals surface area contributed by atoms with E-state index in [1.165, 1.54) is 6.07 Å². The maximum atomic E-state index is 13.2. The largest absolute Gasteiger partial charge is 0.419 e. The molecule has 5 heteroatoms. The van der Waals surface area contributed by atoms with Crippen molar-refractivity contribution in [3.05, 3.63) is 53.3 Å². The SMILES string of the molecule is Cc1cc(N)ccc1-c1ccc(F)c(C(F)(F)F)c1. The quantitative estimate of drug-likeness (QED) is 0.602. The van der Waals surface area contributed by atoms with Crippen LogP contribution < -0.4 is 5.73 Å². The Bertz CT molecular complexity index is 617. The molecule has 0 saturated heterocycles. The number of benzene rings is 2. The summed E-state index contributed by atoms with van der Waals surface area (Å²) >= 11 is 0. The molecule has 2 rings (SSSR count). The van der Waals surface area contributed by atoms with E-state index in [-0.39, 0.29) is 0 Å². The number of anilines is 1. The predicted octanol–water partition coefficient (Wildman–Crippen LogP) is 4.40. The first-order chi connectivity index (χ1) is 8.79. The maximum absolute atomic E-state index is 13.2. The number of nitrogens with two attached hydrogens (primary N) is 1. The minimum absolute atomic E-state index is 0.311. The molecule has 0 radical (unpaired) electrons. The second kappa shape index (κ2) is 4.57. The number of nitrogen functional groups attached to an aromatic ring is 1. The second-order valence-electron chi connectivity index (χ2n) is 4.27. The van der Waals surface area contributed by atoms with Gasteiger partial charge >= 0.3 is 6.18 Å². The van der Waals surface area contributed by atoms with E-state index in [2.05, 4.69) is 0 Å². The van der Waals surface area contributed by atoms with Crippen molar-refractivity contribution in [3.63, 3.8) is 0 Å². The molecular weight excluding hydrogens is 258 g/mol. The number of hydrogen-bond donors (Lipinski definition) is 1. The molecule has 0 aromatic heterocycles. The van der Waals surface area contributed by atoms with Gasteiger partial charge in [-0.15, -0.1) is 0 Å². The summed E-state index contributed by atoms with van der Waals surface area (Å²) in [5.74, 6) is -1.27. The highest BCUT2D eigenvalue weighted by molar-refractivity contribution is 5.70. The van der Waals surface area contributed by atoms with Gasteiger partial charge in [-0.05, 0) is 47.9 Å². The molecule has 0 amide bonds. The van der Waals surface area contributed by atoms with Gasteiger partial charge in [0.1, 0.15) is 5.82 Å². The summed E-state index contributed by atoms with van der Waals surface area (Å²) in [6.07, 6.45) is -4.71. The van der Waals surface area contributed by atoms with Gasteiger partial charge in [-0.1, -0.05) is 12.1 Å². The highest BCUT2D eigenvalue weighted by atomic mass is 19.4. The molecular formula is C14H11F4N. The molecule has 0 aliphatic rings. The van der Waals surface area contributed by atoms with Crippen molar-refractivity contribution in [2.75, 3.05) is 5.73 Å². The van der Waals surface area contributed by atoms with Gasteiger partial charge in [-0.25, -0.2) is 4.39 Å². The normalized spacial score (nSPS) is 11.6. The van der Waals surface area contributed by atoms with E-state index in [1.54, 1.807) is 25.1 Å². The maximum Gasteiger partial charge on any atom is 0.419 e. The first-order valence-corrected chi connectivity index (χ1v) is 5.52. The van der Waals surface area contributed by atoms with Crippen LogP contribution in [-0.4, -0.2) is 0 Å². The van der Waals surface area contributed by atoms with Crippen LogP contribution in [0.1, 0.15) is 11.1 Å². The first kappa shape index (κ1) is 13.4. The molecule has 0 spiro atoms. The monoisotopic (exact) mass is 269 g/mol. The fourth-order valence-corrected chi connectivity index (χ4v) is 1.92. The zero-order valence-corrected chi connectivity index (χ0v) is 10.1. The van der Waals surface area contributed by atoms with Gasteiger partial charge in [0.05, 0.1) is 5.56 Å². The van der Waals surface area contributed by atoms with E-state index in [1.807, 2.05) is 0 Å². The molecule has 0 aliphatic heterocycles. The van der Waals surface area contributed by atoms with Gasteiger partial charge in [0.25, 0.3) is 0 Å².